The van der Waals surface area contributed by atoms with E-state index in [1.54, 1.807) is 0 Å². The first-order valence-electron chi connectivity index (χ1n) is 6.93. The molecule has 1 fully saturated rings. The van der Waals surface area contributed by atoms with Gasteiger partial charge in [0, 0.05) is 6.54 Å². The van der Waals surface area contributed by atoms with Crippen LogP contribution < -0.4 is 14.8 Å². The normalized spacial score (nSPS) is 27.8. The zero-order valence-corrected chi connectivity index (χ0v) is 11.2. The van der Waals surface area contributed by atoms with Crippen LogP contribution in [0.5, 0.6) is 11.5 Å². The highest BCUT2D eigenvalue weighted by molar-refractivity contribution is 5.40. The van der Waals surface area contributed by atoms with E-state index in [1.165, 1.54) is 0 Å². The quantitative estimate of drug-likeness (QED) is 0.851. The van der Waals surface area contributed by atoms with Crippen LogP contribution in [0.15, 0.2) is 28.8 Å². The van der Waals surface area contributed by atoms with Gasteiger partial charge in [0.05, 0.1) is 12.1 Å². The second-order valence-corrected chi connectivity index (χ2v) is 5.21. The number of aliphatic hydroxyl groups is 1. The number of hydrogen-bond donors (Lipinski definition) is 2. The molecule has 0 radical (unpaired) electrons. The molecule has 2 aliphatic rings. The number of ether oxygens (including phenoxy) is 2. The maximum Gasteiger partial charge on any atom is 0.244 e. The van der Waals surface area contributed by atoms with Crippen molar-refractivity contribution < 1.29 is 19.1 Å². The Hall–Kier alpha value is -2.12. The van der Waals surface area contributed by atoms with Gasteiger partial charge >= 0.3 is 0 Å². The van der Waals surface area contributed by atoms with Gasteiger partial charge in [0.15, 0.2) is 17.6 Å². The molecule has 2 aliphatic heterocycles. The Bertz CT molecular complexity index is 645. The minimum atomic E-state index is -0.385. The molecule has 0 amide bonds. The third kappa shape index (κ3) is 2.34. The average Bonchev–Trinajstić information content (AvgIpc) is 3.15. The average molecular weight is 289 g/mol. The minimum absolute atomic E-state index is 0.0990. The Labute approximate surface area is 120 Å². The topological polar surface area (TPSA) is 89.6 Å². The van der Waals surface area contributed by atoms with Gasteiger partial charge in [-0.15, -0.1) is 0 Å². The number of fused-ring (bicyclic) bond motifs is 1. The first kappa shape index (κ1) is 12.6. The van der Waals surface area contributed by atoms with Crippen molar-refractivity contribution in [2.24, 2.45) is 0 Å². The van der Waals surface area contributed by atoms with E-state index in [1.807, 2.05) is 24.3 Å². The third-order valence-electron chi connectivity index (χ3n) is 3.66. The van der Waals surface area contributed by atoms with E-state index in [2.05, 4.69) is 15.5 Å². The summed E-state index contributed by atoms with van der Waals surface area (Å²) in [6.07, 6.45) is -0.179. The van der Waals surface area contributed by atoms with E-state index >= 15 is 0 Å². The van der Waals surface area contributed by atoms with Gasteiger partial charge in [-0.3, -0.25) is 0 Å². The van der Waals surface area contributed by atoms with Crippen molar-refractivity contribution in [3.8, 4) is 11.5 Å². The Morgan fingerprint density at radius 3 is 2.90 bits per heavy atom. The number of para-hydroxylation sites is 2. The van der Waals surface area contributed by atoms with Crippen LogP contribution in [0.25, 0.3) is 0 Å². The highest BCUT2D eigenvalue weighted by Gasteiger charge is 2.31. The van der Waals surface area contributed by atoms with E-state index < -0.39 is 0 Å². The van der Waals surface area contributed by atoms with E-state index in [9.17, 15) is 5.11 Å². The molecule has 110 valence electrons. The molecule has 2 N–H and O–H groups in total. The molecule has 0 saturated carbocycles. The molecule has 21 heavy (non-hydrogen) atoms. The number of aliphatic hydroxyl groups excluding tert-OH is 1. The third-order valence-corrected chi connectivity index (χ3v) is 3.66. The number of benzene rings is 1. The summed E-state index contributed by atoms with van der Waals surface area (Å²) in [7, 11) is 0. The molecule has 7 nitrogen and oxygen atoms in total. The van der Waals surface area contributed by atoms with Crippen LogP contribution in [-0.4, -0.2) is 34.5 Å². The summed E-state index contributed by atoms with van der Waals surface area (Å²) in [6, 6.07) is 7.38. The van der Waals surface area contributed by atoms with Gasteiger partial charge in [-0.25, -0.2) is 0 Å². The van der Waals surface area contributed by atoms with Gasteiger partial charge < -0.3 is 24.4 Å². The molecule has 1 saturated heterocycles. The van der Waals surface area contributed by atoms with E-state index in [0.29, 0.717) is 37.0 Å². The summed E-state index contributed by atoms with van der Waals surface area (Å²) in [4.78, 5) is 4.37. The van der Waals surface area contributed by atoms with Gasteiger partial charge in [-0.05, 0) is 18.6 Å². The lowest BCUT2D eigenvalue weighted by molar-refractivity contribution is 0.0832. The van der Waals surface area contributed by atoms with Gasteiger partial charge in [0.1, 0.15) is 6.61 Å². The summed E-state index contributed by atoms with van der Waals surface area (Å²) >= 11 is 0. The Kier molecular flexibility index (Phi) is 3.01. The van der Waals surface area contributed by atoms with E-state index in [4.69, 9.17) is 14.0 Å². The number of β-amino-alcohol motifs (C(OH)–C–C–N with tert-alkyl or cyclic N) is 1. The zero-order valence-electron chi connectivity index (χ0n) is 11.2. The fourth-order valence-electron chi connectivity index (χ4n) is 2.57. The van der Waals surface area contributed by atoms with Crippen LogP contribution in [0.4, 0.5) is 0 Å². The van der Waals surface area contributed by atoms with Gasteiger partial charge in [-0.2, -0.15) is 4.98 Å². The fraction of sp³-hybridized carbons (Fsp3) is 0.429. The van der Waals surface area contributed by atoms with Crippen molar-refractivity contribution in [1.29, 1.82) is 0 Å². The summed E-state index contributed by atoms with van der Waals surface area (Å²) < 4.78 is 16.7. The molecular weight excluding hydrogens is 274 g/mol. The second kappa shape index (κ2) is 5.01. The number of nitrogens with zero attached hydrogens (tertiary/aromatic N) is 2. The van der Waals surface area contributed by atoms with Crippen LogP contribution in [0.3, 0.4) is 0 Å². The molecule has 1 unspecified atom stereocenters. The second-order valence-electron chi connectivity index (χ2n) is 5.21. The van der Waals surface area contributed by atoms with Crippen molar-refractivity contribution in [2.45, 2.75) is 24.7 Å². The van der Waals surface area contributed by atoms with Gasteiger partial charge in [-0.1, -0.05) is 17.3 Å². The molecular formula is C14H15N3O4. The van der Waals surface area contributed by atoms with Gasteiger partial charge in [0.2, 0.25) is 11.7 Å². The van der Waals surface area contributed by atoms with Crippen LogP contribution in [-0.2, 0) is 0 Å². The Balaban J connectivity index is 1.52. The minimum Gasteiger partial charge on any atom is -0.485 e. The lowest BCUT2D eigenvalue weighted by atomic mass is 10.2. The highest BCUT2D eigenvalue weighted by atomic mass is 16.6. The van der Waals surface area contributed by atoms with Crippen molar-refractivity contribution in [2.75, 3.05) is 13.2 Å². The summed E-state index contributed by atoms with van der Waals surface area (Å²) in [5, 5.41) is 16.6. The molecule has 1 aromatic carbocycles. The monoisotopic (exact) mass is 289 g/mol. The van der Waals surface area contributed by atoms with Crippen molar-refractivity contribution in [3.05, 3.63) is 36.0 Å². The lowest BCUT2D eigenvalue weighted by Crippen LogP contribution is -2.22. The molecule has 2 aromatic rings. The van der Waals surface area contributed by atoms with Crippen LogP contribution in [0, 0.1) is 0 Å². The van der Waals surface area contributed by atoms with Crippen LogP contribution in [0.1, 0.15) is 30.3 Å². The fourth-order valence-corrected chi connectivity index (χ4v) is 2.57. The molecule has 3 atom stereocenters. The molecule has 4 rings (SSSR count). The highest BCUT2D eigenvalue weighted by Crippen LogP contribution is 2.35. The maximum atomic E-state index is 9.53. The van der Waals surface area contributed by atoms with E-state index in [-0.39, 0.29) is 18.2 Å². The smallest absolute Gasteiger partial charge is 0.244 e. The standard InChI is InChI=1S/C14H15N3O4/c18-8-5-9(15-6-8)14-16-13(17-21-14)12-7-19-10-3-1-2-4-11(10)20-12/h1-4,8-9,12,15,18H,5-7H2/t8-,9+,12?/m0/s1. The van der Waals surface area contributed by atoms with E-state index in [0.717, 1.165) is 5.75 Å². The summed E-state index contributed by atoms with van der Waals surface area (Å²) in [5.74, 6) is 2.33. The molecule has 0 bridgehead atoms. The summed E-state index contributed by atoms with van der Waals surface area (Å²) in [6.45, 7) is 0.884. The predicted molar refractivity (Wildman–Crippen MR) is 71.0 cm³/mol. The Morgan fingerprint density at radius 2 is 2.10 bits per heavy atom. The largest absolute Gasteiger partial charge is 0.485 e. The lowest BCUT2D eigenvalue weighted by Gasteiger charge is -2.24. The Morgan fingerprint density at radius 1 is 1.24 bits per heavy atom. The number of aromatic nitrogens is 2. The molecule has 7 heteroatoms. The molecule has 0 spiro atoms. The molecule has 1 aromatic heterocycles. The van der Waals surface area contributed by atoms with Crippen molar-refractivity contribution in [1.82, 2.24) is 15.5 Å². The van der Waals surface area contributed by atoms with Crippen molar-refractivity contribution >= 4 is 0 Å². The van der Waals surface area contributed by atoms with Gasteiger partial charge in [0.25, 0.3) is 0 Å². The number of hydrogen-bond acceptors (Lipinski definition) is 7. The first-order valence-corrected chi connectivity index (χ1v) is 6.93. The predicted octanol–water partition coefficient (Wildman–Crippen LogP) is 0.977. The molecule has 0 aliphatic carbocycles. The van der Waals surface area contributed by atoms with Crippen LogP contribution in [0.2, 0.25) is 0 Å². The first-order chi connectivity index (χ1) is 10.3. The molecule has 3 heterocycles. The number of nitrogens with one attached hydrogen (secondary N) is 1. The maximum absolute atomic E-state index is 9.53. The summed E-state index contributed by atoms with van der Waals surface area (Å²) in [5.41, 5.74) is 0. The SMILES string of the molecule is O[C@@H]1CN[C@@H](c2nc(C3COc4ccccc4O3)no2)C1. The number of rotatable bonds is 2. The zero-order chi connectivity index (χ0) is 14.2. The van der Waals surface area contributed by atoms with Crippen molar-refractivity contribution in [3.63, 3.8) is 0 Å². The van der Waals surface area contributed by atoms with Crippen LogP contribution >= 0.6 is 0 Å².